The summed E-state index contributed by atoms with van der Waals surface area (Å²) in [5.74, 6) is 0.573. The Bertz CT molecular complexity index is 731. The van der Waals surface area contributed by atoms with E-state index in [1.165, 1.54) is 29.0 Å². The average molecular weight is 343 g/mol. The number of rotatable bonds is 4. The first-order chi connectivity index (χ1) is 11.5. The molecule has 2 atom stereocenters. The number of nitrogens with zero attached hydrogens (tertiary/aromatic N) is 2. The second kappa shape index (κ2) is 7.09. The lowest BCUT2D eigenvalue weighted by Crippen LogP contribution is -2.36. The van der Waals surface area contributed by atoms with Crippen LogP contribution in [0.1, 0.15) is 36.9 Å². The van der Waals surface area contributed by atoms with Gasteiger partial charge in [-0.15, -0.1) is 0 Å². The molecule has 1 aromatic heterocycles. The number of nitrogens with one attached hydrogen (secondary N) is 1. The summed E-state index contributed by atoms with van der Waals surface area (Å²) in [5, 5.41) is 3.23. The van der Waals surface area contributed by atoms with Crippen LogP contribution in [0.2, 0.25) is 0 Å². The highest BCUT2D eigenvalue weighted by Crippen LogP contribution is 2.30. The van der Waals surface area contributed by atoms with Crippen molar-refractivity contribution >= 4 is 29.3 Å². The lowest BCUT2D eigenvalue weighted by molar-refractivity contribution is -0.121. The first kappa shape index (κ1) is 16.6. The van der Waals surface area contributed by atoms with E-state index in [1.54, 1.807) is 0 Å². The fourth-order valence-electron chi connectivity index (χ4n) is 2.92. The zero-order chi connectivity index (χ0) is 17.1. The van der Waals surface area contributed by atoms with Crippen LogP contribution < -0.4 is 16.8 Å². The molecule has 1 amide bonds. The number of amides is 1. The van der Waals surface area contributed by atoms with Gasteiger partial charge in [-0.05, 0) is 37.3 Å². The lowest BCUT2D eigenvalue weighted by Gasteiger charge is -2.27. The van der Waals surface area contributed by atoms with E-state index in [2.05, 4.69) is 27.4 Å². The van der Waals surface area contributed by atoms with Crippen molar-refractivity contribution in [3.63, 3.8) is 0 Å². The number of carbonyl (C=O) groups is 1. The minimum Gasteiger partial charge on any atom is -0.383 e. The van der Waals surface area contributed by atoms with Gasteiger partial charge in [0.05, 0.1) is 11.3 Å². The topological polar surface area (TPSA) is 107 Å². The van der Waals surface area contributed by atoms with Crippen molar-refractivity contribution < 1.29 is 4.79 Å². The van der Waals surface area contributed by atoms with E-state index in [-0.39, 0.29) is 17.2 Å². The summed E-state index contributed by atoms with van der Waals surface area (Å²) in [6.45, 7) is 1.83. The minimum absolute atomic E-state index is 0.0358. The summed E-state index contributed by atoms with van der Waals surface area (Å²) in [7, 11) is 0. The maximum atomic E-state index is 12.5. The van der Waals surface area contributed by atoms with E-state index in [9.17, 15) is 4.79 Å². The zero-order valence-electron chi connectivity index (χ0n) is 13.5. The maximum absolute atomic E-state index is 12.5. The smallest absolute Gasteiger partial charge is 0.233 e. The number of nitrogen functional groups attached to an aromatic ring is 2. The third-order valence-electron chi connectivity index (χ3n) is 4.08. The molecule has 0 aliphatic heterocycles. The van der Waals surface area contributed by atoms with E-state index < -0.39 is 0 Å². The van der Waals surface area contributed by atoms with Gasteiger partial charge in [0.15, 0.2) is 5.16 Å². The first-order valence-electron chi connectivity index (χ1n) is 7.98. The van der Waals surface area contributed by atoms with Crippen molar-refractivity contribution in [3.05, 3.63) is 41.5 Å². The van der Waals surface area contributed by atoms with Crippen LogP contribution in [0.25, 0.3) is 0 Å². The van der Waals surface area contributed by atoms with Gasteiger partial charge in [-0.25, -0.2) is 9.97 Å². The Morgan fingerprint density at radius 2 is 2.00 bits per heavy atom. The third kappa shape index (κ3) is 3.79. The summed E-state index contributed by atoms with van der Waals surface area (Å²) < 4.78 is 0. The quantitative estimate of drug-likeness (QED) is 0.581. The number of thioether (sulfide) groups is 1. The van der Waals surface area contributed by atoms with E-state index in [4.69, 9.17) is 11.5 Å². The maximum Gasteiger partial charge on any atom is 0.233 e. The van der Waals surface area contributed by atoms with Crippen LogP contribution in [-0.2, 0) is 11.2 Å². The summed E-state index contributed by atoms with van der Waals surface area (Å²) in [6, 6.07) is 9.85. The van der Waals surface area contributed by atoms with Crippen LogP contribution in [-0.4, -0.2) is 21.1 Å². The Morgan fingerprint density at radius 3 is 2.75 bits per heavy atom. The molecule has 7 heteroatoms. The molecule has 0 bridgehead atoms. The third-order valence-corrected chi connectivity index (χ3v) is 5.04. The van der Waals surface area contributed by atoms with Crippen LogP contribution in [0, 0.1) is 0 Å². The molecule has 1 aromatic carbocycles. The lowest BCUT2D eigenvalue weighted by atomic mass is 9.88. The molecule has 0 unspecified atom stereocenters. The molecule has 0 saturated carbocycles. The second-order valence-corrected chi connectivity index (χ2v) is 7.22. The van der Waals surface area contributed by atoms with Crippen LogP contribution in [0.4, 0.5) is 11.6 Å². The fourth-order valence-corrected chi connectivity index (χ4v) is 3.73. The molecule has 1 aliphatic carbocycles. The minimum atomic E-state index is -0.333. The van der Waals surface area contributed by atoms with Crippen LogP contribution in [0.3, 0.4) is 0 Å². The number of carbonyl (C=O) groups excluding carboxylic acids is 1. The normalized spacial score (nSPS) is 17.8. The average Bonchev–Trinajstić information content (AvgIpc) is 2.54. The zero-order valence-corrected chi connectivity index (χ0v) is 14.3. The summed E-state index contributed by atoms with van der Waals surface area (Å²) in [6.07, 6.45) is 3.11. The van der Waals surface area contributed by atoms with Crippen molar-refractivity contribution in [1.82, 2.24) is 15.3 Å². The van der Waals surface area contributed by atoms with Crippen LogP contribution in [0.15, 0.2) is 35.5 Å². The molecular weight excluding hydrogens is 322 g/mol. The highest BCUT2D eigenvalue weighted by Gasteiger charge is 2.24. The number of hydrogen-bond acceptors (Lipinski definition) is 6. The largest absolute Gasteiger partial charge is 0.383 e. The van der Waals surface area contributed by atoms with Gasteiger partial charge in [0.25, 0.3) is 0 Å². The van der Waals surface area contributed by atoms with E-state index >= 15 is 0 Å². The molecule has 0 spiro atoms. The van der Waals surface area contributed by atoms with Crippen molar-refractivity contribution in [2.24, 2.45) is 0 Å². The first-order valence-corrected chi connectivity index (χ1v) is 8.86. The molecule has 5 N–H and O–H groups in total. The monoisotopic (exact) mass is 343 g/mol. The van der Waals surface area contributed by atoms with Gasteiger partial charge in [0.2, 0.25) is 5.91 Å². The van der Waals surface area contributed by atoms with Gasteiger partial charge < -0.3 is 16.8 Å². The number of benzene rings is 1. The molecule has 0 fully saturated rings. The molecule has 6 nitrogen and oxygen atoms in total. The number of aromatic nitrogens is 2. The Balaban J connectivity index is 1.67. The summed E-state index contributed by atoms with van der Waals surface area (Å²) in [4.78, 5) is 20.8. The molecule has 0 radical (unpaired) electrons. The highest BCUT2D eigenvalue weighted by atomic mass is 32.2. The summed E-state index contributed by atoms with van der Waals surface area (Å²) >= 11 is 1.26. The number of anilines is 2. The number of fused-ring (bicyclic) bond motifs is 1. The molecule has 3 rings (SSSR count). The molecular formula is C17H21N5OS. The van der Waals surface area contributed by atoms with Crippen LogP contribution in [0.5, 0.6) is 0 Å². The molecule has 1 aliphatic rings. The standard InChI is InChI=1S/C17H21N5OS/c1-10(24-17-21-14(18)9-15(19)22-17)16(23)20-13-8-4-6-11-5-2-3-7-12(11)13/h2-3,5,7,9-10,13H,4,6,8H2,1H3,(H,20,23)(H4,18,19,21,22)/t10-,13-/m1/s1. The van der Waals surface area contributed by atoms with Crippen molar-refractivity contribution in [2.75, 3.05) is 11.5 Å². The van der Waals surface area contributed by atoms with Crippen molar-refractivity contribution in [2.45, 2.75) is 42.6 Å². The predicted octanol–water partition coefficient (Wildman–Crippen LogP) is 2.32. The SMILES string of the molecule is C[C@@H](Sc1nc(N)cc(N)n1)C(=O)N[C@@H]1CCCc2ccccc21. The Hall–Kier alpha value is -2.28. The van der Waals surface area contributed by atoms with Gasteiger partial charge >= 0.3 is 0 Å². The van der Waals surface area contributed by atoms with Crippen LogP contribution >= 0.6 is 11.8 Å². The number of aryl methyl sites for hydroxylation is 1. The van der Waals surface area contributed by atoms with Crippen molar-refractivity contribution in [3.8, 4) is 0 Å². The van der Waals surface area contributed by atoms with Crippen molar-refractivity contribution in [1.29, 1.82) is 0 Å². The van der Waals surface area contributed by atoms with Gasteiger partial charge in [0.1, 0.15) is 11.6 Å². The molecule has 2 aromatic rings. The number of nitrogens with two attached hydrogens (primary N) is 2. The van der Waals surface area contributed by atoms with E-state index in [1.807, 2.05) is 19.1 Å². The molecule has 0 saturated heterocycles. The molecule has 24 heavy (non-hydrogen) atoms. The second-order valence-electron chi connectivity index (χ2n) is 5.91. The van der Waals surface area contributed by atoms with Gasteiger partial charge in [-0.2, -0.15) is 0 Å². The summed E-state index contributed by atoms with van der Waals surface area (Å²) in [5.41, 5.74) is 13.9. The Kier molecular flexibility index (Phi) is 4.89. The number of hydrogen-bond donors (Lipinski definition) is 3. The van der Waals surface area contributed by atoms with E-state index in [0.717, 1.165) is 19.3 Å². The molecule has 126 valence electrons. The predicted molar refractivity (Wildman–Crippen MR) is 96.4 cm³/mol. The van der Waals surface area contributed by atoms with Gasteiger partial charge in [0, 0.05) is 6.07 Å². The fraction of sp³-hybridized carbons (Fsp3) is 0.353. The van der Waals surface area contributed by atoms with E-state index in [0.29, 0.717) is 16.8 Å². The molecule has 1 heterocycles. The van der Waals surface area contributed by atoms with Gasteiger partial charge in [-0.3, -0.25) is 4.79 Å². The highest BCUT2D eigenvalue weighted by molar-refractivity contribution is 8.00. The van der Waals surface area contributed by atoms with Gasteiger partial charge in [-0.1, -0.05) is 36.0 Å². The Morgan fingerprint density at radius 1 is 1.29 bits per heavy atom. The Labute approximate surface area is 145 Å².